The molecule has 34 heavy (non-hydrogen) atoms. The van der Waals surface area contributed by atoms with Crippen LogP contribution in [0.15, 0.2) is 60.1 Å². The number of amides is 1. The summed E-state index contributed by atoms with van der Waals surface area (Å²) in [6.45, 7) is 8.54. The normalized spacial score (nSPS) is 21.4. The number of rotatable bonds is 6. The standard InChI is InChI=1S/C28H37N3O3/c1-19(2)29-22-12-14-30(15-13-22)24-10-9-23-8-6-20(3)25(17-28(32)31(23)18-24)21-7-11-26(33-4)27(16-21)34-5/h7-11,16-20,22,29H,6,12-15H2,1-5H3. The van der Waals surface area contributed by atoms with Crippen LogP contribution in [0.5, 0.6) is 11.5 Å². The number of methoxy groups -OCH3 is 2. The first-order valence-corrected chi connectivity index (χ1v) is 12.3. The van der Waals surface area contributed by atoms with Crippen molar-refractivity contribution in [3.05, 3.63) is 65.7 Å². The third kappa shape index (κ3) is 5.22. The molecule has 3 aliphatic rings. The lowest BCUT2D eigenvalue weighted by atomic mass is 9.89. The lowest BCUT2D eigenvalue weighted by Gasteiger charge is -2.37. The molecule has 0 saturated carbocycles. The minimum atomic E-state index is -0.0270. The van der Waals surface area contributed by atoms with Crippen molar-refractivity contribution in [2.24, 2.45) is 5.92 Å². The van der Waals surface area contributed by atoms with Gasteiger partial charge in [0.15, 0.2) is 11.5 Å². The van der Waals surface area contributed by atoms with E-state index in [9.17, 15) is 4.79 Å². The van der Waals surface area contributed by atoms with E-state index < -0.39 is 0 Å². The minimum Gasteiger partial charge on any atom is -0.493 e. The molecule has 1 aromatic carbocycles. The maximum Gasteiger partial charge on any atom is 0.255 e. The van der Waals surface area contributed by atoms with Crippen LogP contribution in [-0.2, 0) is 4.79 Å². The summed E-state index contributed by atoms with van der Waals surface area (Å²) in [5.74, 6) is 1.51. The van der Waals surface area contributed by atoms with Crippen molar-refractivity contribution < 1.29 is 14.3 Å². The molecule has 4 rings (SSSR count). The van der Waals surface area contributed by atoms with Gasteiger partial charge in [0.1, 0.15) is 0 Å². The molecule has 0 aliphatic carbocycles. The number of piperidine rings is 1. The summed E-state index contributed by atoms with van der Waals surface area (Å²) in [6.07, 6.45) is 13.2. The van der Waals surface area contributed by atoms with Gasteiger partial charge < -0.3 is 19.7 Å². The van der Waals surface area contributed by atoms with Gasteiger partial charge in [-0.1, -0.05) is 32.9 Å². The third-order valence-electron chi connectivity index (χ3n) is 6.84. The lowest BCUT2D eigenvalue weighted by molar-refractivity contribution is -0.122. The topological polar surface area (TPSA) is 54.0 Å². The SMILES string of the molecule is COc1ccc(C2=CC(=O)N3C=C(N4CCC(NC(C)C)CC4)C=CC3=CCC2C)cc1OC. The van der Waals surface area contributed by atoms with Crippen LogP contribution in [0.4, 0.5) is 0 Å². The number of nitrogens with one attached hydrogen (secondary N) is 1. The van der Waals surface area contributed by atoms with E-state index in [0.29, 0.717) is 23.6 Å². The van der Waals surface area contributed by atoms with Crippen LogP contribution in [0.25, 0.3) is 5.57 Å². The fourth-order valence-electron chi connectivity index (χ4n) is 4.97. The molecule has 1 unspecified atom stereocenters. The average molecular weight is 464 g/mol. The molecule has 3 heterocycles. The number of ether oxygens (including phenoxy) is 2. The Bertz CT molecular complexity index is 1030. The van der Waals surface area contributed by atoms with Gasteiger partial charge in [0.25, 0.3) is 5.91 Å². The molecule has 0 radical (unpaired) electrons. The number of fused-ring (bicyclic) bond motifs is 1. The number of benzene rings is 1. The summed E-state index contributed by atoms with van der Waals surface area (Å²) in [5.41, 5.74) is 4.03. The van der Waals surface area contributed by atoms with E-state index in [1.807, 2.05) is 24.4 Å². The molecule has 0 bridgehead atoms. The minimum absolute atomic E-state index is 0.0270. The van der Waals surface area contributed by atoms with Gasteiger partial charge in [-0.3, -0.25) is 9.69 Å². The Balaban J connectivity index is 1.56. The van der Waals surface area contributed by atoms with E-state index >= 15 is 0 Å². The molecule has 1 fully saturated rings. The largest absolute Gasteiger partial charge is 0.493 e. The van der Waals surface area contributed by atoms with Crippen molar-refractivity contribution in [1.29, 1.82) is 0 Å². The highest BCUT2D eigenvalue weighted by Gasteiger charge is 2.26. The summed E-state index contributed by atoms with van der Waals surface area (Å²) in [6, 6.07) is 6.91. The number of allylic oxidation sites excluding steroid dienone is 4. The maximum absolute atomic E-state index is 13.5. The molecular weight excluding hydrogens is 426 g/mol. The first kappa shape index (κ1) is 24.1. The highest BCUT2D eigenvalue weighted by atomic mass is 16.5. The molecular formula is C28H37N3O3. The summed E-state index contributed by atoms with van der Waals surface area (Å²) in [5, 5.41) is 3.65. The zero-order chi connectivity index (χ0) is 24.2. The third-order valence-corrected chi connectivity index (χ3v) is 6.84. The van der Waals surface area contributed by atoms with Crippen molar-refractivity contribution >= 4 is 11.5 Å². The van der Waals surface area contributed by atoms with Gasteiger partial charge in [-0.15, -0.1) is 0 Å². The van der Waals surface area contributed by atoms with E-state index in [-0.39, 0.29) is 11.8 Å². The highest BCUT2D eigenvalue weighted by Crippen LogP contribution is 2.36. The molecule has 0 spiro atoms. The number of carbonyl (C=O) groups excluding carboxylic acids is 1. The molecule has 6 nitrogen and oxygen atoms in total. The molecule has 1 atom stereocenters. The second-order valence-corrected chi connectivity index (χ2v) is 9.61. The number of hydrogen-bond acceptors (Lipinski definition) is 5. The zero-order valence-corrected chi connectivity index (χ0v) is 21.0. The molecule has 0 aromatic heterocycles. The van der Waals surface area contributed by atoms with Crippen LogP contribution in [0, 0.1) is 5.92 Å². The van der Waals surface area contributed by atoms with Crippen LogP contribution in [0.3, 0.4) is 0 Å². The Morgan fingerprint density at radius 1 is 1.03 bits per heavy atom. The Hall–Kier alpha value is -2.99. The van der Waals surface area contributed by atoms with Crippen LogP contribution in [0.2, 0.25) is 0 Å². The predicted octanol–water partition coefficient (Wildman–Crippen LogP) is 4.71. The first-order valence-electron chi connectivity index (χ1n) is 12.3. The molecule has 182 valence electrons. The van der Waals surface area contributed by atoms with E-state index in [0.717, 1.165) is 54.9 Å². The van der Waals surface area contributed by atoms with E-state index in [2.05, 4.69) is 49.2 Å². The summed E-state index contributed by atoms with van der Waals surface area (Å²) < 4.78 is 10.9. The number of hydrogen-bond donors (Lipinski definition) is 1. The summed E-state index contributed by atoms with van der Waals surface area (Å²) >= 11 is 0. The van der Waals surface area contributed by atoms with Crippen molar-refractivity contribution in [2.75, 3.05) is 27.3 Å². The number of nitrogens with zero attached hydrogens (tertiary/aromatic N) is 2. The van der Waals surface area contributed by atoms with Crippen LogP contribution in [0.1, 0.15) is 45.6 Å². The Morgan fingerprint density at radius 3 is 2.41 bits per heavy atom. The van der Waals surface area contributed by atoms with Crippen molar-refractivity contribution in [3.63, 3.8) is 0 Å². The molecule has 1 N–H and O–H groups in total. The molecule has 1 saturated heterocycles. The monoisotopic (exact) mass is 463 g/mol. The van der Waals surface area contributed by atoms with Gasteiger partial charge in [-0.25, -0.2) is 0 Å². The van der Waals surface area contributed by atoms with Crippen molar-refractivity contribution in [2.45, 2.75) is 52.1 Å². The van der Waals surface area contributed by atoms with Gasteiger partial charge in [-0.2, -0.15) is 0 Å². The van der Waals surface area contributed by atoms with Gasteiger partial charge in [0, 0.05) is 43.1 Å². The number of likely N-dealkylation sites (tertiary alicyclic amines) is 1. The van der Waals surface area contributed by atoms with Gasteiger partial charge in [-0.05, 0) is 60.6 Å². The smallest absolute Gasteiger partial charge is 0.255 e. The Morgan fingerprint density at radius 2 is 1.74 bits per heavy atom. The van der Waals surface area contributed by atoms with Crippen molar-refractivity contribution in [1.82, 2.24) is 15.1 Å². The Labute approximate surface area is 203 Å². The molecule has 1 amide bonds. The lowest BCUT2D eigenvalue weighted by Crippen LogP contribution is -2.44. The highest BCUT2D eigenvalue weighted by molar-refractivity contribution is 5.98. The second kappa shape index (κ2) is 10.5. The Kier molecular flexibility index (Phi) is 7.47. The molecule has 3 aliphatic heterocycles. The molecule has 1 aromatic rings. The summed E-state index contributed by atoms with van der Waals surface area (Å²) in [7, 11) is 3.26. The maximum atomic E-state index is 13.5. The average Bonchev–Trinajstić information content (AvgIpc) is 2.84. The van der Waals surface area contributed by atoms with Gasteiger partial charge >= 0.3 is 0 Å². The van der Waals surface area contributed by atoms with E-state index in [4.69, 9.17) is 9.47 Å². The fourth-order valence-corrected chi connectivity index (χ4v) is 4.97. The predicted molar refractivity (Wildman–Crippen MR) is 136 cm³/mol. The number of carbonyl (C=O) groups is 1. The van der Waals surface area contributed by atoms with Crippen LogP contribution >= 0.6 is 0 Å². The van der Waals surface area contributed by atoms with Crippen LogP contribution in [-0.4, -0.2) is 55.1 Å². The quantitative estimate of drug-likeness (QED) is 0.662. The van der Waals surface area contributed by atoms with Gasteiger partial charge in [0.2, 0.25) is 0 Å². The molecule has 6 heteroatoms. The first-order chi connectivity index (χ1) is 16.4. The second-order valence-electron chi connectivity index (χ2n) is 9.61. The fraction of sp³-hybridized carbons (Fsp3) is 0.464. The summed E-state index contributed by atoms with van der Waals surface area (Å²) in [4.78, 5) is 17.6. The van der Waals surface area contributed by atoms with E-state index in [1.165, 1.54) is 0 Å². The van der Waals surface area contributed by atoms with Crippen molar-refractivity contribution in [3.8, 4) is 11.5 Å². The zero-order valence-electron chi connectivity index (χ0n) is 21.0. The van der Waals surface area contributed by atoms with E-state index in [1.54, 1.807) is 25.2 Å². The van der Waals surface area contributed by atoms with Gasteiger partial charge in [0.05, 0.1) is 19.9 Å². The van der Waals surface area contributed by atoms with Crippen LogP contribution < -0.4 is 14.8 Å².